The molecule has 0 radical (unpaired) electrons. The minimum atomic E-state index is -3.65. The molecular weight excluding hydrogens is 378 g/mol. The highest BCUT2D eigenvalue weighted by Gasteiger charge is 2.33. The molecule has 0 spiro atoms. The van der Waals surface area contributed by atoms with E-state index in [1.54, 1.807) is 24.2 Å². The summed E-state index contributed by atoms with van der Waals surface area (Å²) >= 11 is 0. The first-order valence-corrected chi connectivity index (χ1v) is 10.6. The van der Waals surface area contributed by atoms with Gasteiger partial charge in [0.2, 0.25) is 15.9 Å². The molecule has 2 aromatic carbocycles. The van der Waals surface area contributed by atoms with Crippen LogP contribution in [0.4, 0.5) is 5.69 Å². The first-order chi connectivity index (χ1) is 13.4. The Labute approximate surface area is 165 Å². The Morgan fingerprint density at radius 2 is 1.82 bits per heavy atom. The number of methoxy groups -OCH3 is 1. The molecule has 0 unspecified atom stereocenters. The number of carbonyl (C=O) groups excluding carboxylic acids is 1. The third-order valence-electron chi connectivity index (χ3n) is 4.87. The Bertz CT molecular complexity index is 901. The predicted molar refractivity (Wildman–Crippen MR) is 107 cm³/mol. The van der Waals surface area contributed by atoms with Gasteiger partial charge in [0.25, 0.3) is 0 Å². The summed E-state index contributed by atoms with van der Waals surface area (Å²) in [6, 6.07) is 15.8. The zero-order chi connectivity index (χ0) is 20.1. The van der Waals surface area contributed by atoms with Crippen molar-refractivity contribution in [1.82, 2.24) is 9.73 Å². The van der Waals surface area contributed by atoms with Crippen molar-refractivity contribution in [3.05, 3.63) is 54.6 Å². The molecule has 3 rings (SSSR count). The van der Waals surface area contributed by atoms with Crippen molar-refractivity contribution in [3.63, 3.8) is 0 Å². The van der Waals surface area contributed by atoms with Crippen molar-refractivity contribution in [1.29, 1.82) is 0 Å². The Hall–Kier alpha value is -2.58. The fraction of sp³-hybridized carbons (Fsp3) is 0.350. The molecule has 1 aliphatic heterocycles. The third-order valence-corrected chi connectivity index (χ3v) is 6.75. The quantitative estimate of drug-likeness (QED) is 0.749. The number of nitrogens with zero attached hydrogens (tertiary/aromatic N) is 2. The predicted octanol–water partition coefficient (Wildman–Crippen LogP) is 2.26. The van der Waals surface area contributed by atoms with E-state index < -0.39 is 15.9 Å². The zero-order valence-electron chi connectivity index (χ0n) is 16.0. The fourth-order valence-corrected chi connectivity index (χ4v) is 4.77. The maximum Gasteiger partial charge on any atom is 0.243 e. The second-order valence-electron chi connectivity index (χ2n) is 6.75. The molecule has 2 aromatic rings. The highest BCUT2D eigenvalue weighted by Crippen LogP contribution is 2.25. The topological polar surface area (TPSA) is 79.0 Å². The number of hydrazine groups is 1. The van der Waals surface area contributed by atoms with E-state index in [4.69, 9.17) is 4.74 Å². The standard InChI is InChI=1S/C20H25N3O4S/c1-22(17-8-4-3-5-9-17)21-20(24)16-7-6-14-23(15-16)28(25,26)19-12-10-18(27-2)11-13-19/h3-5,8-13,16H,6-7,14-15H2,1-2H3,(H,21,24)/t16-/m1/s1. The third kappa shape index (κ3) is 4.45. The second kappa shape index (κ2) is 8.62. The normalized spacial score (nSPS) is 17.7. The Kier molecular flexibility index (Phi) is 6.21. The molecule has 0 aliphatic carbocycles. The number of nitrogens with one attached hydrogen (secondary N) is 1. The van der Waals surface area contributed by atoms with Gasteiger partial charge in [0.05, 0.1) is 23.6 Å². The summed E-state index contributed by atoms with van der Waals surface area (Å²) in [5, 5.41) is 1.65. The minimum Gasteiger partial charge on any atom is -0.497 e. The number of sulfonamides is 1. The van der Waals surface area contributed by atoms with Crippen LogP contribution in [0.25, 0.3) is 0 Å². The van der Waals surface area contributed by atoms with Crippen molar-refractivity contribution in [2.45, 2.75) is 17.7 Å². The van der Waals surface area contributed by atoms with Crippen LogP contribution in [0.5, 0.6) is 5.75 Å². The van der Waals surface area contributed by atoms with Gasteiger partial charge in [0.15, 0.2) is 0 Å². The summed E-state index contributed by atoms with van der Waals surface area (Å²) < 4.78 is 32.4. The van der Waals surface area contributed by atoms with Crippen LogP contribution in [0.3, 0.4) is 0 Å². The van der Waals surface area contributed by atoms with Gasteiger partial charge >= 0.3 is 0 Å². The van der Waals surface area contributed by atoms with Gasteiger partial charge in [-0.15, -0.1) is 0 Å². The van der Waals surface area contributed by atoms with Crippen LogP contribution in [-0.2, 0) is 14.8 Å². The molecule has 1 saturated heterocycles. The van der Waals surface area contributed by atoms with E-state index >= 15 is 0 Å². The molecule has 1 amide bonds. The lowest BCUT2D eigenvalue weighted by Gasteiger charge is -2.32. The van der Waals surface area contributed by atoms with Crippen LogP contribution in [0, 0.1) is 5.92 Å². The van der Waals surface area contributed by atoms with E-state index in [1.165, 1.54) is 23.5 Å². The maximum absolute atomic E-state index is 12.9. The van der Waals surface area contributed by atoms with Crippen molar-refractivity contribution >= 4 is 21.6 Å². The fourth-order valence-electron chi connectivity index (χ4n) is 3.24. The molecule has 0 bridgehead atoms. The highest BCUT2D eigenvalue weighted by atomic mass is 32.2. The average molecular weight is 404 g/mol. The number of hydrogen-bond acceptors (Lipinski definition) is 5. The van der Waals surface area contributed by atoms with E-state index in [0.29, 0.717) is 25.1 Å². The molecule has 150 valence electrons. The number of ether oxygens (including phenoxy) is 1. The van der Waals surface area contributed by atoms with Gasteiger partial charge in [-0.25, -0.2) is 8.42 Å². The lowest BCUT2D eigenvalue weighted by Crippen LogP contribution is -2.49. The summed E-state index contributed by atoms with van der Waals surface area (Å²) in [7, 11) is -0.353. The van der Waals surface area contributed by atoms with Crippen LogP contribution in [0.15, 0.2) is 59.5 Å². The Morgan fingerprint density at radius 1 is 1.14 bits per heavy atom. The van der Waals surface area contributed by atoms with Crippen molar-refractivity contribution in [3.8, 4) is 5.75 Å². The molecule has 1 atom stereocenters. The summed E-state index contributed by atoms with van der Waals surface area (Å²) in [6.07, 6.45) is 1.30. The lowest BCUT2D eigenvalue weighted by atomic mass is 9.99. The summed E-state index contributed by atoms with van der Waals surface area (Å²) in [6.45, 7) is 0.579. The van der Waals surface area contributed by atoms with Crippen molar-refractivity contribution in [2.24, 2.45) is 5.92 Å². The van der Waals surface area contributed by atoms with Gasteiger partial charge in [0, 0.05) is 20.1 Å². The number of hydrogen-bond donors (Lipinski definition) is 1. The lowest BCUT2D eigenvalue weighted by molar-refractivity contribution is -0.126. The molecule has 1 aliphatic rings. The molecule has 1 fully saturated rings. The number of rotatable bonds is 6. The number of para-hydroxylation sites is 1. The monoisotopic (exact) mass is 403 g/mol. The second-order valence-corrected chi connectivity index (χ2v) is 8.69. The van der Waals surface area contributed by atoms with Gasteiger partial charge in [-0.2, -0.15) is 4.31 Å². The number of benzene rings is 2. The smallest absolute Gasteiger partial charge is 0.243 e. The molecular formula is C20H25N3O4S. The van der Waals surface area contributed by atoms with E-state index in [1.807, 2.05) is 30.3 Å². The number of carbonyl (C=O) groups is 1. The van der Waals surface area contributed by atoms with E-state index in [2.05, 4.69) is 5.43 Å². The average Bonchev–Trinajstić information content (AvgIpc) is 2.74. The molecule has 0 saturated carbocycles. The van der Waals surface area contributed by atoms with Crippen LogP contribution in [-0.4, -0.2) is 45.9 Å². The Balaban J connectivity index is 1.68. The van der Waals surface area contributed by atoms with E-state index in [9.17, 15) is 13.2 Å². The number of amides is 1. The van der Waals surface area contributed by atoms with E-state index in [-0.39, 0.29) is 17.3 Å². The van der Waals surface area contributed by atoms with Crippen LogP contribution in [0.1, 0.15) is 12.8 Å². The summed E-state index contributed by atoms with van der Waals surface area (Å²) in [5.74, 6) is 0.0210. The first kappa shape index (κ1) is 20.2. The molecule has 8 heteroatoms. The molecule has 1 heterocycles. The molecule has 0 aromatic heterocycles. The van der Waals surface area contributed by atoms with Crippen molar-refractivity contribution < 1.29 is 17.9 Å². The number of anilines is 1. The largest absolute Gasteiger partial charge is 0.497 e. The first-order valence-electron chi connectivity index (χ1n) is 9.15. The van der Waals surface area contributed by atoms with Gasteiger partial charge in [-0.05, 0) is 49.2 Å². The Morgan fingerprint density at radius 3 is 2.46 bits per heavy atom. The minimum absolute atomic E-state index is 0.169. The zero-order valence-corrected chi connectivity index (χ0v) is 16.9. The van der Waals surface area contributed by atoms with Gasteiger partial charge in [-0.1, -0.05) is 18.2 Å². The van der Waals surface area contributed by atoms with Gasteiger partial charge in [-0.3, -0.25) is 15.2 Å². The number of piperidine rings is 1. The van der Waals surface area contributed by atoms with Crippen LogP contribution < -0.4 is 15.2 Å². The van der Waals surface area contributed by atoms with E-state index in [0.717, 1.165) is 5.69 Å². The highest BCUT2D eigenvalue weighted by molar-refractivity contribution is 7.89. The van der Waals surface area contributed by atoms with Crippen LogP contribution in [0.2, 0.25) is 0 Å². The molecule has 7 nitrogen and oxygen atoms in total. The SMILES string of the molecule is COc1ccc(S(=O)(=O)N2CCC[C@@H](C(=O)NN(C)c3ccccc3)C2)cc1. The van der Waals surface area contributed by atoms with Crippen molar-refractivity contribution in [2.75, 3.05) is 32.3 Å². The summed E-state index contributed by atoms with van der Waals surface area (Å²) in [4.78, 5) is 12.9. The molecule has 28 heavy (non-hydrogen) atoms. The maximum atomic E-state index is 12.9. The molecule has 1 N–H and O–H groups in total. The van der Waals surface area contributed by atoms with Gasteiger partial charge < -0.3 is 4.74 Å². The summed E-state index contributed by atoms with van der Waals surface area (Å²) in [5.41, 5.74) is 3.71. The van der Waals surface area contributed by atoms with Crippen LogP contribution >= 0.6 is 0 Å². The van der Waals surface area contributed by atoms with Gasteiger partial charge in [0.1, 0.15) is 5.75 Å².